The van der Waals surface area contributed by atoms with Crippen molar-refractivity contribution in [3.63, 3.8) is 0 Å². The molecule has 0 radical (unpaired) electrons. The van der Waals surface area contributed by atoms with Gasteiger partial charge < -0.3 is 14.2 Å². The normalized spacial score (nSPS) is 15.4. The van der Waals surface area contributed by atoms with Crippen LogP contribution in [0.25, 0.3) is 6.08 Å². The van der Waals surface area contributed by atoms with Crippen LogP contribution in [0.4, 0.5) is 18.9 Å². The van der Waals surface area contributed by atoms with Crippen molar-refractivity contribution in [3.05, 3.63) is 70.4 Å². The van der Waals surface area contributed by atoms with E-state index in [9.17, 15) is 22.8 Å². The van der Waals surface area contributed by atoms with Crippen LogP contribution in [0.5, 0.6) is 11.5 Å². The number of benzene rings is 2. The molecule has 168 valence electrons. The molecule has 2 aromatic carbocycles. The first-order valence-electron chi connectivity index (χ1n) is 9.38. The average Bonchev–Trinajstić information content (AvgIpc) is 3.01. The summed E-state index contributed by atoms with van der Waals surface area (Å²) in [4.78, 5) is 26.9. The summed E-state index contributed by atoms with van der Waals surface area (Å²) in [5, 5.41) is 0. The fourth-order valence-electron chi connectivity index (χ4n) is 3.49. The van der Waals surface area contributed by atoms with Crippen molar-refractivity contribution in [2.75, 3.05) is 26.2 Å². The van der Waals surface area contributed by atoms with Crippen LogP contribution < -0.4 is 14.4 Å². The first kappa shape index (κ1) is 22.9. The Bertz CT molecular complexity index is 1130. The zero-order chi connectivity index (χ0) is 23.6. The molecule has 0 fully saturated rings. The van der Waals surface area contributed by atoms with E-state index in [0.717, 1.165) is 24.1 Å². The molecule has 9 heteroatoms. The van der Waals surface area contributed by atoms with Gasteiger partial charge in [-0.05, 0) is 37.3 Å². The van der Waals surface area contributed by atoms with Gasteiger partial charge in [0.1, 0.15) is 0 Å². The molecule has 1 amide bonds. The minimum atomic E-state index is -4.59. The van der Waals surface area contributed by atoms with Crippen LogP contribution >= 0.6 is 0 Å². The Labute approximate surface area is 182 Å². The van der Waals surface area contributed by atoms with E-state index < -0.39 is 23.6 Å². The highest BCUT2D eigenvalue weighted by Crippen LogP contribution is 2.40. The van der Waals surface area contributed by atoms with Gasteiger partial charge in [-0.3, -0.25) is 9.69 Å². The van der Waals surface area contributed by atoms with Crippen molar-refractivity contribution in [2.24, 2.45) is 0 Å². The Morgan fingerprint density at radius 2 is 1.72 bits per heavy atom. The van der Waals surface area contributed by atoms with E-state index in [4.69, 9.17) is 14.2 Å². The number of esters is 1. The molecule has 2 aromatic rings. The van der Waals surface area contributed by atoms with E-state index >= 15 is 0 Å². The van der Waals surface area contributed by atoms with E-state index in [1.165, 1.54) is 39.4 Å². The largest absolute Gasteiger partial charge is 0.493 e. The van der Waals surface area contributed by atoms with Crippen molar-refractivity contribution in [1.82, 2.24) is 0 Å². The molecule has 0 aromatic heterocycles. The molecule has 1 aliphatic heterocycles. The molecule has 6 nitrogen and oxygen atoms in total. The lowest BCUT2D eigenvalue weighted by molar-refractivity contribution is -0.137. The van der Waals surface area contributed by atoms with Crippen molar-refractivity contribution in [3.8, 4) is 11.5 Å². The van der Waals surface area contributed by atoms with Crippen molar-refractivity contribution in [2.45, 2.75) is 13.1 Å². The number of halogens is 3. The highest BCUT2D eigenvalue weighted by atomic mass is 19.4. The Kier molecular flexibility index (Phi) is 6.29. The van der Waals surface area contributed by atoms with Crippen molar-refractivity contribution >= 4 is 23.6 Å². The Morgan fingerprint density at radius 3 is 2.31 bits per heavy atom. The summed E-state index contributed by atoms with van der Waals surface area (Å²) in [6.45, 7) is 1.47. The highest BCUT2D eigenvalue weighted by molar-refractivity contribution is 6.24. The predicted molar refractivity (Wildman–Crippen MR) is 111 cm³/mol. The molecule has 0 atom stereocenters. The van der Waals surface area contributed by atoms with Crippen LogP contribution in [0.2, 0.25) is 0 Å². The lowest BCUT2D eigenvalue weighted by Crippen LogP contribution is -2.25. The Balaban J connectivity index is 2.19. The molecule has 0 saturated carbocycles. The zero-order valence-corrected chi connectivity index (χ0v) is 17.7. The third-order valence-corrected chi connectivity index (χ3v) is 4.95. The first-order chi connectivity index (χ1) is 15.1. The number of allylic oxidation sites excluding steroid dienone is 1. The maximum absolute atomic E-state index is 13.3. The fraction of sp³-hybridized carbons (Fsp3) is 0.217. The summed E-state index contributed by atoms with van der Waals surface area (Å²) in [5.74, 6) is -0.734. The number of carbonyl (C=O) groups is 2. The van der Waals surface area contributed by atoms with Crippen LogP contribution in [-0.4, -0.2) is 33.2 Å². The topological polar surface area (TPSA) is 65.1 Å². The number of alkyl halides is 3. The fourth-order valence-corrected chi connectivity index (χ4v) is 3.49. The molecule has 32 heavy (non-hydrogen) atoms. The van der Waals surface area contributed by atoms with Crippen LogP contribution in [-0.2, 0) is 20.5 Å². The lowest BCUT2D eigenvalue weighted by atomic mass is 10.0. The number of amides is 1. The van der Waals surface area contributed by atoms with E-state index in [0.29, 0.717) is 17.1 Å². The van der Waals surface area contributed by atoms with E-state index in [1.807, 2.05) is 0 Å². The Hall–Kier alpha value is -3.75. The summed E-state index contributed by atoms with van der Waals surface area (Å²) < 4.78 is 55.1. The van der Waals surface area contributed by atoms with E-state index in [-0.39, 0.29) is 22.5 Å². The average molecular weight is 447 g/mol. The van der Waals surface area contributed by atoms with Gasteiger partial charge in [-0.25, -0.2) is 4.79 Å². The van der Waals surface area contributed by atoms with Gasteiger partial charge in [-0.1, -0.05) is 18.2 Å². The number of nitrogens with zero attached hydrogens (tertiary/aromatic N) is 1. The number of anilines is 1. The second-order valence-electron chi connectivity index (χ2n) is 6.78. The van der Waals surface area contributed by atoms with Gasteiger partial charge in [0.05, 0.1) is 38.0 Å². The molecule has 0 bridgehead atoms. The maximum atomic E-state index is 13.3. The minimum Gasteiger partial charge on any atom is -0.493 e. The van der Waals surface area contributed by atoms with E-state index in [2.05, 4.69) is 0 Å². The van der Waals surface area contributed by atoms with Crippen molar-refractivity contribution < 1.29 is 37.0 Å². The molecule has 1 aliphatic rings. The van der Waals surface area contributed by atoms with Crippen LogP contribution in [0.3, 0.4) is 0 Å². The van der Waals surface area contributed by atoms with E-state index in [1.54, 1.807) is 18.2 Å². The smallest absolute Gasteiger partial charge is 0.416 e. The van der Waals surface area contributed by atoms with Gasteiger partial charge in [0.25, 0.3) is 5.91 Å². The summed E-state index contributed by atoms with van der Waals surface area (Å²) in [6, 6.07) is 9.30. The maximum Gasteiger partial charge on any atom is 0.416 e. The predicted octanol–water partition coefficient (Wildman–Crippen LogP) is 4.60. The number of para-hydroxylation sites is 1. The van der Waals surface area contributed by atoms with Gasteiger partial charge in [0.15, 0.2) is 11.5 Å². The molecule has 3 rings (SSSR count). The number of ether oxygens (including phenoxy) is 3. The summed E-state index contributed by atoms with van der Waals surface area (Å²) in [5.41, 5.74) is -0.450. The molecule has 0 N–H and O–H groups in total. The SMILES string of the molecule is COC(=O)C1=C(C)N(c2cccc(C(F)(F)F)c2)C(=O)/C1=C\c1cccc(OC)c1OC. The highest BCUT2D eigenvalue weighted by Gasteiger charge is 2.39. The second kappa shape index (κ2) is 8.78. The van der Waals surface area contributed by atoms with Gasteiger partial charge in [0.2, 0.25) is 0 Å². The molecule has 0 saturated heterocycles. The molecule has 1 heterocycles. The number of methoxy groups -OCH3 is 3. The van der Waals surface area contributed by atoms with Crippen LogP contribution in [0.1, 0.15) is 18.1 Å². The lowest BCUT2D eigenvalue weighted by Gasteiger charge is -2.19. The van der Waals surface area contributed by atoms with Crippen molar-refractivity contribution in [1.29, 1.82) is 0 Å². The molecular formula is C23H20F3NO5. The quantitative estimate of drug-likeness (QED) is 0.495. The molecule has 0 spiro atoms. The summed E-state index contributed by atoms with van der Waals surface area (Å²) in [7, 11) is 4.03. The van der Waals surface area contributed by atoms with Gasteiger partial charge in [0, 0.05) is 16.9 Å². The standard InChI is InChI=1S/C23H20F3NO5/c1-13-19(22(29)32-4)17(11-14-7-5-10-18(30-2)20(14)31-3)21(28)27(13)16-9-6-8-15(12-16)23(24,25)26/h5-12H,1-4H3/b17-11-. The molecular weight excluding hydrogens is 427 g/mol. The first-order valence-corrected chi connectivity index (χ1v) is 9.38. The minimum absolute atomic E-state index is 0.0234. The third-order valence-electron chi connectivity index (χ3n) is 4.95. The number of carbonyl (C=O) groups excluding carboxylic acids is 2. The summed E-state index contributed by atoms with van der Waals surface area (Å²) >= 11 is 0. The van der Waals surface area contributed by atoms with Gasteiger partial charge in [-0.15, -0.1) is 0 Å². The van der Waals surface area contributed by atoms with Gasteiger partial charge >= 0.3 is 12.1 Å². The summed E-state index contributed by atoms with van der Waals surface area (Å²) in [6.07, 6.45) is -3.17. The number of hydrogen-bond acceptors (Lipinski definition) is 5. The third kappa shape index (κ3) is 4.05. The molecule has 0 unspecified atom stereocenters. The number of hydrogen-bond donors (Lipinski definition) is 0. The van der Waals surface area contributed by atoms with Crippen LogP contribution in [0.15, 0.2) is 59.3 Å². The molecule has 0 aliphatic carbocycles. The Morgan fingerprint density at radius 1 is 1.03 bits per heavy atom. The van der Waals surface area contributed by atoms with Gasteiger partial charge in [-0.2, -0.15) is 13.2 Å². The zero-order valence-electron chi connectivity index (χ0n) is 17.7. The monoisotopic (exact) mass is 447 g/mol. The van der Waals surface area contributed by atoms with Crippen LogP contribution in [0, 0.1) is 0 Å². The number of rotatable bonds is 5. The second-order valence-corrected chi connectivity index (χ2v) is 6.78.